The normalized spacial score (nSPS) is 24.9. The maximum Gasteiger partial charge on any atom is 0.123 e. The molecule has 1 unspecified atom stereocenters. The van der Waals surface area contributed by atoms with Crippen molar-refractivity contribution in [2.45, 2.75) is 58.0 Å². The van der Waals surface area contributed by atoms with Gasteiger partial charge in [-0.05, 0) is 48.8 Å². The number of rotatable bonds is 5. The molecule has 1 fully saturated rings. The van der Waals surface area contributed by atoms with E-state index in [1.807, 2.05) is 12.1 Å². The molecule has 0 bridgehead atoms. The number of hydrogen-bond acceptors (Lipinski definition) is 1. The molecule has 1 saturated carbocycles. The van der Waals surface area contributed by atoms with E-state index in [4.69, 9.17) is 0 Å². The quantitative estimate of drug-likeness (QED) is 0.828. The van der Waals surface area contributed by atoms with E-state index in [1.54, 1.807) is 6.07 Å². The van der Waals surface area contributed by atoms with Crippen LogP contribution in [0.2, 0.25) is 0 Å². The number of hydrogen-bond donors (Lipinski definition) is 1. The molecule has 1 atom stereocenters. The summed E-state index contributed by atoms with van der Waals surface area (Å²) in [5.74, 6) is 1.11. The Labute approximate surface area is 110 Å². The first-order valence-electron chi connectivity index (χ1n) is 7.11. The van der Waals surface area contributed by atoms with Crippen LogP contribution in [0, 0.1) is 11.7 Å². The third kappa shape index (κ3) is 3.11. The Morgan fingerprint density at radius 1 is 1.33 bits per heavy atom. The maximum atomic E-state index is 13.1. The van der Waals surface area contributed by atoms with E-state index in [9.17, 15) is 4.39 Å². The molecule has 1 aromatic rings. The molecule has 1 N–H and O–H groups in total. The van der Waals surface area contributed by atoms with Gasteiger partial charge in [0.25, 0.3) is 0 Å². The molecular formula is C16H24FN. The van der Waals surface area contributed by atoms with E-state index in [2.05, 4.69) is 26.1 Å². The summed E-state index contributed by atoms with van der Waals surface area (Å²) in [6.07, 6.45) is 3.47. The van der Waals surface area contributed by atoms with Gasteiger partial charge in [-0.25, -0.2) is 4.39 Å². The topological polar surface area (TPSA) is 12.0 Å². The van der Waals surface area contributed by atoms with Crippen LogP contribution < -0.4 is 5.32 Å². The zero-order valence-electron chi connectivity index (χ0n) is 11.6. The second-order valence-corrected chi connectivity index (χ2v) is 5.85. The first kappa shape index (κ1) is 13.5. The van der Waals surface area contributed by atoms with Gasteiger partial charge in [-0.1, -0.05) is 32.9 Å². The van der Waals surface area contributed by atoms with Gasteiger partial charge in [0.2, 0.25) is 0 Å². The lowest BCUT2D eigenvalue weighted by Crippen LogP contribution is -2.47. The Bertz CT molecular complexity index is 382. The van der Waals surface area contributed by atoms with Crippen LogP contribution in [0.25, 0.3) is 0 Å². The standard InChI is InChI=1S/C16H24FN/c1-4-16(11(2)3)18-15-9-13(10-15)12-6-5-7-14(17)8-12/h5-8,11,13,15-16,18H,4,9-10H2,1-3H3. The Morgan fingerprint density at radius 2 is 2.06 bits per heavy atom. The first-order chi connectivity index (χ1) is 8.60. The van der Waals surface area contributed by atoms with Gasteiger partial charge in [0.15, 0.2) is 0 Å². The SMILES string of the molecule is CCC(NC1CC(c2cccc(F)c2)C1)C(C)C. The van der Waals surface area contributed by atoms with Crippen molar-refractivity contribution in [1.82, 2.24) is 5.32 Å². The molecular weight excluding hydrogens is 225 g/mol. The van der Waals surface area contributed by atoms with Gasteiger partial charge in [-0.2, -0.15) is 0 Å². The summed E-state index contributed by atoms with van der Waals surface area (Å²) in [5.41, 5.74) is 1.16. The van der Waals surface area contributed by atoms with Gasteiger partial charge < -0.3 is 5.32 Å². The lowest BCUT2D eigenvalue weighted by Gasteiger charge is -2.39. The highest BCUT2D eigenvalue weighted by Gasteiger charge is 2.31. The Morgan fingerprint density at radius 3 is 2.61 bits per heavy atom. The summed E-state index contributed by atoms with van der Waals surface area (Å²) in [6.45, 7) is 6.77. The minimum absolute atomic E-state index is 0.113. The Hall–Kier alpha value is -0.890. The predicted octanol–water partition coefficient (Wildman–Crippen LogP) is 4.10. The van der Waals surface area contributed by atoms with Crippen LogP contribution in [0.15, 0.2) is 24.3 Å². The molecule has 2 rings (SSSR count). The first-order valence-corrected chi connectivity index (χ1v) is 7.11. The third-order valence-corrected chi connectivity index (χ3v) is 4.15. The molecule has 0 radical (unpaired) electrons. The zero-order valence-corrected chi connectivity index (χ0v) is 11.6. The van der Waals surface area contributed by atoms with E-state index in [0.29, 0.717) is 23.9 Å². The zero-order chi connectivity index (χ0) is 13.1. The Kier molecular flexibility index (Phi) is 4.39. The molecule has 0 amide bonds. The molecule has 0 aliphatic heterocycles. The largest absolute Gasteiger partial charge is 0.311 e. The summed E-state index contributed by atoms with van der Waals surface area (Å²) in [6, 6.07) is 8.29. The molecule has 100 valence electrons. The van der Waals surface area contributed by atoms with Gasteiger partial charge in [0.1, 0.15) is 5.82 Å². The van der Waals surface area contributed by atoms with Crippen molar-refractivity contribution in [1.29, 1.82) is 0 Å². The van der Waals surface area contributed by atoms with Crippen LogP contribution in [0.5, 0.6) is 0 Å². The van der Waals surface area contributed by atoms with E-state index >= 15 is 0 Å². The van der Waals surface area contributed by atoms with Crippen LogP contribution in [-0.2, 0) is 0 Å². The highest BCUT2D eigenvalue weighted by molar-refractivity contribution is 5.23. The van der Waals surface area contributed by atoms with Gasteiger partial charge in [-0.15, -0.1) is 0 Å². The maximum absolute atomic E-state index is 13.1. The minimum atomic E-state index is -0.113. The fourth-order valence-corrected chi connectivity index (χ4v) is 2.87. The number of nitrogens with one attached hydrogen (secondary N) is 1. The molecule has 18 heavy (non-hydrogen) atoms. The van der Waals surface area contributed by atoms with Crippen LogP contribution in [0.1, 0.15) is 51.5 Å². The van der Waals surface area contributed by atoms with Crippen LogP contribution >= 0.6 is 0 Å². The van der Waals surface area contributed by atoms with Crippen LogP contribution in [0.4, 0.5) is 4.39 Å². The molecule has 1 nitrogen and oxygen atoms in total. The molecule has 1 aliphatic carbocycles. The molecule has 0 heterocycles. The fraction of sp³-hybridized carbons (Fsp3) is 0.625. The van der Waals surface area contributed by atoms with Crippen molar-refractivity contribution in [3.8, 4) is 0 Å². The molecule has 1 aliphatic rings. The molecule has 0 aromatic heterocycles. The van der Waals surface area contributed by atoms with E-state index in [1.165, 1.54) is 12.5 Å². The highest BCUT2D eigenvalue weighted by Crippen LogP contribution is 2.37. The summed E-state index contributed by atoms with van der Waals surface area (Å²) >= 11 is 0. The van der Waals surface area contributed by atoms with Crippen molar-refractivity contribution >= 4 is 0 Å². The second-order valence-electron chi connectivity index (χ2n) is 5.85. The molecule has 1 aromatic carbocycles. The Balaban J connectivity index is 1.83. The summed E-state index contributed by atoms with van der Waals surface area (Å²) in [5, 5.41) is 3.72. The molecule has 2 heteroatoms. The molecule has 0 saturated heterocycles. The van der Waals surface area contributed by atoms with Crippen LogP contribution in [-0.4, -0.2) is 12.1 Å². The van der Waals surface area contributed by atoms with Crippen molar-refractivity contribution < 1.29 is 4.39 Å². The molecule has 0 spiro atoms. The van der Waals surface area contributed by atoms with Crippen molar-refractivity contribution in [3.05, 3.63) is 35.6 Å². The predicted molar refractivity (Wildman–Crippen MR) is 74.2 cm³/mol. The van der Waals surface area contributed by atoms with Gasteiger partial charge >= 0.3 is 0 Å². The van der Waals surface area contributed by atoms with Gasteiger partial charge in [-0.3, -0.25) is 0 Å². The lowest BCUT2D eigenvalue weighted by molar-refractivity contribution is 0.236. The average molecular weight is 249 g/mol. The monoisotopic (exact) mass is 249 g/mol. The number of halogens is 1. The lowest BCUT2D eigenvalue weighted by atomic mass is 9.75. The summed E-state index contributed by atoms with van der Waals surface area (Å²) in [7, 11) is 0. The van der Waals surface area contributed by atoms with E-state index in [0.717, 1.165) is 18.4 Å². The highest BCUT2D eigenvalue weighted by atomic mass is 19.1. The smallest absolute Gasteiger partial charge is 0.123 e. The summed E-state index contributed by atoms with van der Waals surface area (Å²) in [4.78, 5) is 0. The van der Waals surface area contributed by atoms with Crippen molar-refractivity contribution in [3.63, 3.8) is 0 Å². The minimum Gasteiger partial charge on any atom is -0.311 e. The van der Waals surface area contributed by atoms with E-state index < -0.39 is 0 Å². The van der Waals surface area contributed by atoms with Gasteiger partial charge in [0, 0.05) is 12.1 Å². The van der Waals surface area contributed by atoms with Gasteiger partial charge in [0.05, 0.1) is 0 Å². The van der Waals surface area contributed by atoms with Crippen molar-refractivity contribution in [2.75, 3.05) is 0 Å². The van der Waals surface area contributed by atoms with E-state index in [-0.39, 0.29) is 5.82 Å². The second kappa shape index (κ2) is 5.83. The average Bonchev–Trinajstić information content (AvgIpc) is 2.27. The van der Waals surface area contributed by atoms with Crippen LogP contribution in [0.3, 0.4) is 0 Å². The van der Waals surface area contributed by atoms with Crippen molar-refractivity contribution in [2.24, 2.45) is 5.92 Å². The number of benzene rings is 1. The fourth-order valence-electron chi connectivity index (χ4n) is 2.87. The third-order valence-electron chi connectivity index (χ3n) is 4.15. The summed E-state index contributed by atoms with van der Waals surface area (Å²) < 4.78 is 13.1.